The number of piperazine rings is 1. The van der Waals surface area contributed by atoms with Gasteiger partial charge in [0.1, 0.15) is 6.29 Å². The molecule has 1 aromatic heterocycles. The van der Waals surface area contributed by atoms with Gasteiger partial charge in [0.15, 0.2) is 7.28 Å². The molecule has 0 spiro atoms. The smallest absolute Gasteiger partial charge is 0.254 e. The number of hydrogen-bond acceptors (Lipinski definition) is 5. The minimum Gasteiger partial charge on any atom is -0.343 e. The molecule has 0 atom stereocenters. The van der Waals surface area contributed by atoms with E-state index in [0.29, 0.717) is 17.7 Å². The molecule has 1 aliphatic carbocycles. The number of benzene rings is 1. The summed E-state index contributed by atoms with van der Waals surface area (Å²) in [5.74, 6) is -0.00282. The van der Waals surface area contributed by atoms with Crippen LogP contribution in [0.1, 0.15) is 41.8 Å². The number of hydrogen-bond donors (Lipinski definition) is 1. The Morgan fingerprint density at radius 3 is 2.76 bits per heavy atom. The van der Waals surface area contributed by atoms with Gasteiger partial charge in [-0.15, -0.1) is 0 Å². The molecule has 1 fully saturated rings. The van der Waals surface area contributed by atoms with Crippen molar-refractivity contribution in [2.45, 2.75) is 39.1 Å². The first-order valence-corrected chi connectivity index (χ1v) is 12.5. The maximum atomic E-state index is 13.7. The fraction of sp³-hybridized carbons (Fsp3) is 0.385. The molecule has 2 aliphatic rings. The molecule has 1 aliphatic heterocycles. The first-order chi connectivity index (χ1) is 15.8. The molecule has 0 unspecified atom stereocenters. The van der Waals surface area contributed by atoms with E-state index < -0.39 is 0 Å². The van der Waals surface area contributed by atoms with Crippen LogP contribution in [0.3, 0.4) is 0 Å². The highest BCUT2D eigenvalue weighted by atomic mass is 32.1. The Morgan fingerprint density at radius 2 is 2.12 bits per heavy atom. The molecule has 1 saturated heterocycles. The van der Waals surface area contributed by atoms with Gasteiger partial charge in [0.05, 0.1) is 16.9 Å². The third-order valence-electron chi connectivity index (χ3n) is 6.96. The van der Waals surface area contributed by atoms with Gasteiger partial charge in [-0.05, 0) is 55.3 Å². The van der Waals surface area contributed by atoms with Crippen LogP contribution in [0.25, 0.3) is 5.70 Å². The molecule has 33 heavy (non-hydrogen) atoms. The summed E-state index contributed by atoms with van der Waals surface area (Å²) in [6, 6.07) is 6.25. The lowest BCUT2D eigenvalue weighted by Gasteiger charge is -2.43. The highest BCUT2D eigenvalue weighted by molar-refractivity contribution is 7.08. The van der Waals surface area contributed by atoms with Gasteiger partial charge in [0.25, 0.3) is 5.91 Å². The average molecular weight is 461 g/mol. The van der Waals surface area contributed by atoms with E-state index >= 15 is 0 Å². The zero-order valence-corrected chi connectivity index (χ0v) is 20.8. The molecule has 1 aromatic carbocycles. The Morgan fingerprint density at radius 1 is 1.33 bits per heavy atom. The number of thiophene rings is 1. The lowest BCUT2D eigenvalue weighted by Crippen LogP contribution is -2.60. The van der Waals surface area contributed by atoms with Gasteiger partial charge < -0.3 is 15.1 Å². The summed E-state index contributed by atoms with van der Waals surface area (Å²) >= 11 is 1.64. The monoisotopic (exact) mass is 461 g/mol. The van der Waals surface area contributed by atoms with E-state index in [2.05, 4.69) is 60.4 Å². The minimum absolute atomic E-state index is 0.00282. The standard InChI is InChI=1S/C26H32BN3O2S/c1-17(25(32)30-10-9-28-16-26(30,2)3)21-7-6-18-13-23(27-4)19(14-31)12-22(18)24(21)29(5)20-8-11-33-15-20/h8,11-15,27-28H,1,6-7,9-10,16H2,2-5H3. The molecule has 2 aromatic rings. The van der Waals surface area contributed by atoms with Crippen molar-refractivity contribution in [3.05, 3.63) is 63.4 Å². The second-order valence-electron chi connectivity index (χ2n) is 9.47. The van der Waals surface area contributed by atoms with Crippen molar-refractivity contribution < 1.29 is 9.59 Å². The summed E-state index contributed by atoms with van der Waals surface area (Å²) in [7, 11) is 2.85. The van der Waals surface area contributed by atoms with E-state index in [4.69, 9.17) is 0 Å². The van der Waals surface area contributed by atoms with Crippen LogP contribution in [0, 0.1) is 0 Å². The van der Waals surface area contributed by atoms with Crippen LogP contribution in [0.5, 0.6) is 0 Å². The summed E-state index contributed by atoms with van der Waals surface area (Å²) in [4.78, 5) is 29.7. The highest BCUT2D eigenvalue weighted by Crippen LogP contribution is 2.39. The molecule has 172 valence electrons. The van der Waals surface area contributed by atoms with Crippen LogP contribution in [-0.4, -0.2) is 56.6 Å². The lowest BCUT2D eigenvalue weighted by molar-refractivity contribution is -0.133. The van der Waals surface area contributed by atoms with Crippen LogP contribution in [0.15, 0.2) is 46.7 Å². The second-order valence-corrected chi connectivity index (χ2v) is 10.3. The number of carbonyl (C=O) groups excluding carboxylic acids is 2. The predicted molar refractivity (Wildman–Crippen MR) is 140 cm³/mol. The SMILES string of the molecule is C=C(C(=O)N1CCNCC1(C)C)C1=C(N(C)c2ccsc2)c2cc(C=O)c(BC)cc2CC1. The van der Waals surface area contributed by atoms with Crippen LogP contribution in [-0.2, 0) is 11.2 Å². The molecule has 1 amide bonds. The number of nitrogens with one attached hydrogen (secondary N) is 1. The van der Waals surface area contributed by atoms with Gasteiger partial charge >= 0.3 is 0 Å². The average Bonchev–Trinajstić information content (AvgIpc) is 3.35. The van der Waals surface area contributed by atoms with Gasteiger partial charge in [-0.3, -0.25) is 9.59 Å². The molecule has 5 nitrogen and oxygen atoms in total. The molecule has 0 saturated carbocycles. The molecule has 2 heterocycles. The number of fused-ring (bicyclic) bond motifs is 1. The fourth-order valence-corrected chi connectivity index (χ4v) is 5.67. The van der Waals surface area contributed by atoms with E-state index in [9.17, 15) is 9.59 Å². The van der Waals surface area contributed by atoms with Gasteiger partial charge in [-0.2, -0.15) is 11.3 Å². The van der Waals surface area contributed by atoms with E-state index in [1.807, 2.05) is 18.0 Å². The van der Waals surface area contributed by atoms with Crippen LogP contribution < -0.4 is 15.7 Å². The first-order valence-electron chi connectivity index (χ1n) is 11.6. The Balaban J connectivity index is 1.85. The van der Waals surface area contributed by atoms with Crippen molar-refractivity contribution in [2.24, 2.45) is 0 Å². The van der Waals surface area contributed by atoms with Crippen molar-refractivity contribution in [2.75, 3.05) is 31.6 Å². The van der Waals surface area contributed by atoms with Crippen molar-refractivity contribution in [3.8, 4) is 0 Å². The van der Waals surface area contributed by atoms with Crippen LogP contribution in [0.4, 0.5) is 5.69 Å². The van der Waals surface area contributed by atoms with E-state index in [1.54, 1.807) is 11.3 Å². The number of nitrogens with zero attached hydrogens (tertiary/aromatic N) is 2. The number of aldehydes is 1. The minimum atomic E-state index is -0.272. The Bertz CT molecular complexity index is 1120. The van der Waals surface area contributed by atoms with E-state index in [1.165, 1.54) is 5.56 Å². The van der Waals surface area contributed by atoms with Crippen molar-refractivity contribution >= 4 is 47.7 Å². The summed E-state index contributed by atoms with van der Waals surface area (Å²) in [6.45, 7) is 12.8. The van der Waals surface area contributed by atoms with Crippen LogP contribution in [0.2, 0.25) is 6.82 Å². The Kier molecular flexibility index (Phi) is 6.64. The van der Waals surface area contributed by atoms with Gasteiger partial charge in [0.2, 0.25) is 0 Å². The third-order valence-corrected chi connectivity index (χ3v) is 7.63. The van der Waals surface area contributed by atoms with Crippen molar-refractivity contribution in [1.29, 1.82) is 0 Å². The topological polar surface area (TPSA) is 52.7 Å². The van der Waals surface area contributed by atoms with E-state index in [0.717, 1.165) is 67.5 Å². The first kappa shape index (κ1) is 23.5. The Hall–Kier alpha value is -2.64. The molecular formula is C26H32BN3O2S. The second kappa shape index (κ2) is 9.31. The summed E-state index contributed by atoms with van der Waals surface area (Å²) in [5, 5.41) is 7.54. The summed E-state index contributed by atoms with van der Waals surface area (Å²) in [5.41, 5.74) is 7.33. The fourth-order valence-electron chi connectivity index (χ4n) is 5.00. The summed E-state index contributed by atoms with van der Waals surface area (Å²) < 4.78 is 0. The van der Waals surface area contributed by atoms with E-state index in [-0.39, 0.29) is 11.4 Å². The quantitative estimate of drug-likeness (QED) is 0.408. The number of rotatable bonds is 6. The number of carbonyl (C=O) groups is 2. The number of anilines is 1. The molecule has 7 heteroatoms. The van der Waals surface area contributed by atoms with Gasteiger partial charge in [0, 0.05) is 48.8 Å². The van der Waals surface area contributed by atoms with Crippen molar-refractivity contribution in [1.82, 2.24) is 10.2 Å². The third kappa shape index (κ3) is 4.32. The molecule has 4 rings (SSSR count). The van der Waals surface area contributed by atoms with Gasteiger partial charge in [-0.1, -0.05) is 24.9 Å². The number of aryl methyl sites for hydroxylation is 1. The number of amides is 1. The lowest BCUT2D eigenvalue weighted by atomic mass is 9.69. The summed E-state index contributed by atoms with van der Waals surface area (Å²) in [6.07, 6.45) is 2.52. The molecule has 1 N–H and O–H groups in total. The van der Waals surface area contributed by atoms with Gasteiger partial charge in [-0.25, -0.2) is 0 Å². The zero-order chi connectivity index (χ0) is 23.8. The molecule has 0 radical (unpaired) electrons. The Labute approximate surface area is 201 Å². The normalized spacial score (nSPS) is 17.4. The maximum Gasteiger partial charge on any atom is 0.254 e. The largest absolute Gasteiger partial charge is 0.343 e. The van der Waals surface area contributed by atoms with Crippen molar-refractivity contribution in [3.63, 3.8) is 0 Å². The zero-order valence-electron chi connectivity index (χ0n) is 20.0. The predicted octanol–water partition coefficient (Wildman–Crippen LogP) is 3.23. The maximum absolute atomic E-state index is 13.7. The highest BCUT2D eigenvalue weighted by Gasteiger charge is 2.36. The molecule has 0 bridgehead atoms. The van der Waals surface area contributed by atoms with Crippen LogP contribution >= 0.6 is 11.3 Å². The molecular weight excluding hydrogens is 429 g/mol.